The van der Waals surface area contributed by atoms with Crippen molar-refractivity contribution in [3.05, 3.63) is 48.4 Å². The van der Waals surface area contributed by atoms with Gasteiger partial charge in [-0.1, -0.05) is 37.3 Å². The Morgan fingerprint density at radius 1 is 1.00 bits per heavy atom. The second kappa shape index (κ2) is 13.6. The molecule has 2 atom stereocenters. The summed E-state index contributed by atoms with van der Waals surface area (Å²) in [6.45, 7) is 6.85. The van der Waals surface area contributed by atoms with E-state index in [1.165, 1.54) is 5.56 Å². The largest absolute Gasteiger partial charge is 0.498 e. The van der Waals surface area contributed by atoms with Crippen LogP contribution in [0.15, 0.2) is 42.9 Å². The molecule has 4 nitrogen and oxygen atoms in total. The lowest BCUT2D eigenvalue weighted by Gasteiger charge is -2.25. The maximum atomic E-state index is 6.02. The van der Waals surface area contributed by atoms with Gasteiger partial charge in [0, 0.05) is 6.42 Å². The van der Waals surface area contributed by atoms with Crippen molar-refractivity contribution in [1.29, 1.82) is 0 Å². The Morgan fingerprint density at radius 3 is 2.41 bits per heavy atom. The molecule has 2 unspecified atom stereocenters. The van der Waals surface area contributed by atoms with E-state index >= 15 is 0 Å². The summed E-state index contributed by atoms with van der Waals surface area (Å²) in [5.74, 6) is 0. The van der Waals surface area contributed by atoms with Gasteiger partial charge in [0.15, 0.2) is 0 Å². The van der Waals surface area contributed by atoms with Gasteiger partial charge in [0.05, 0.1) is 46.6 Å². The minimum absolute atomic E-state index is 0.197. The summed E-state index contributed by atoms with van der Waals surface area (Å²) in [5.41, 5.74) is 1.29. The summed E-state index contributed by atoms with van der Waals surface area (Å²) < 4.78 is 18.1. The van der Waals surface area contributed by atoms with Crippen LogP contribution >= 0.6 is 0 Å². The normalized spacial score (nSPS) is 14.3. The molecule has 0 bridgehead atoms. The van der Waals surface area contributed by atoms with Crippen LogP contribution in [0, 0.1) is 0 Å². The predicted molar refractivity (Wildman–Crippen MR) is 113 cm³/mol. The third-order valence-electron chi connectivity index (χ3n) is 4.52. The van der Waals surface area contributed by atoms with E-state index in [1.807, 2.05) is 18.2 Å². The molecule has 4 heteroatoms. The number of benzene rings is 1. The van der Waals surface area contributed by atoms with Gasteiger partial charge in [-0.05, 0) is 38.2 Å². The second-order valence-electron chi connectivity index (χ2n) is 8.17. The fourth-order valence-electron chi connectivity index (χ4n) is 2.69. The maximum absolute atomic E-state index is 6.02. The molecular formula is C23H40NO3+. The highest BCUT2D eigenvalue weighted by Crippen LogP contribution is 2.12. The molecule has 0 saturated carbocycles. The Balaban J connectivity index is 2.05. The van der Waals surface area contributed by atoms with Crippen LogP contribution in [0.1, 0.15) is 45.1 Å². The molecule has 0 spiro atoms. The van der Waals surface area contributed by atoms with E-state index in [0.717, 1.165) is 49.7 Å². The molecule has 0 radical (unpaired) electrons. The van der Waals surface area contributed by atoms with Crippen LogP contribution in [-0.4, -0.2) is 57.6 Å². The summed E-state index contributed by atoms with van der Waals surface area (Å²) in [5, 5.41) is 0. The number of hydrogen-bond acceptors (Lipinski definition) is 3. The van der Waals surface area contributed by atoms with Gasteiger partial charge in [-0.3, -0.25) is 0 Å². The van der Waals surface area contributed by atoms with Crippen LogP contribution in [0.2, 0.25) is 0 Å². The number of nitrogens with zero attached hydrogens (tertiary/aromatic N) is 1. The average Bonchev–Trinajstić information content (AvgIpc) is 2.63. The third-order valence-corrected chi connectivity index (χ3v) is 4.52. The summed E-state index contributed by atoms with van der Waals surface area (Å²) in [7, 11) is 6.59. The number of quaternary nitrogens is 1. The Hall–Kier alpha value is -1.52. The van der Waals surface area contributed by atoms with Crippen molar-refractivity contribution in [3.63, 3.8) is 0 Å². The molecule has 0 N–H and O–H groups in total. The van der Waals surface area contributed by atoms with E-state index in [-0.39, 0.29) is 6.10 Å². The second-order valence-corrected chi connectivity index (χ2v) is 8.17. The van der Waals surface area contributed by atoms with Gasteiger partial charge in [0.2, 0.25) is 0 Å². The summed E-state index contributed by atoms with van der Waals surface area (Å²) in [6.07, 6.45) is 9.11. The van der Waals surface area contributed by atoms with Crippen molar-refractivity contribution in [3.8, 4) is 0 Å². The highest BCUT2D eigenvalue weighted by Gasteiger charge is 2.11. The summed E-state index contributed by atoms with van der Waals surface area (Å²) >= 11 is 0. The molecule has 1 aromatic carbocycles. The average molecular weight is 379 g/mol. The van der Waals surface area contributed by atoms with Crippen LogP contribution in [0.3, 0.4) is 0 Å². The first kappa shape index (κ1) is 23.5. The lowest BCUT2D eigenvalue weighted by Crippen LogP contribution is -2.38. The molecule has 0 amide bonds. The Morgan fingerprint density at radius 2 is 1.74 bits per heavy atom. The quantitative estimate of drug-likeness (QED) is 0.249. The first-order chi connectivity index (χ1) is 12.9. The maximum Gasteiger partial charge on any atom is 0.118 e. The Kier molecular flexibility index (Phi) is 11.9. The first-order valence-corrected chi connectivity index (χ1v) is 10.3. The molecule has 0 heterocycles. The van der Waals surface area contributed by atoms with Gasteiger partial charge >= 0.3 is 0 Å². The molecule has 0 aliphatic rings. The van der Waals surface area contributed by atoms with Gasteiger partial charge in [-0.2, -0.15) is 0 Å². The van der Waals surface area contributed by atoms with Gasteiger partial charge < -0.3 is 18.7 Å². The molecule has 0 fully saturated rings. The van der Waals surface area contributed by atoms with Crippen LogP contribution < -0.4 is 0 Å². The number of likely N-dealkylation sites (N-methyl/N-ethyl adjacent to an activating group) is 1. The molecule has 0 aromatic heterocycles. The zero-order chi connectivity index (χ0) is 20.0. The molecule has 1 rings (SSSR count). The van der Waals surface area contributed by atoms with Crippen molar-refractivity contribution in [1.82, 2.24) is 0 Å². The smallest absolute Gasteiger partial charge is 0.118 e. The lowest BCUT2D eigenvalue weighted by atomic mass is 10.1. The van der Waals surface area contributed by atoms with E-state index in [0.29, 0.717) is 12.7 Å². The number of rotatable bonds is 15. The van der Waals surface area contributed by atoms with Crippen LogP contribution in [0.5, 0.6) is 0 Å². The Bertz CT molecular complexity index is 496. The van der Waals surface area contributed by atoms with Gasteiger partial charge in [0.25, 0.3) is 0 Å². The monoisotopic (exact) mass is 378 g/mol. The Labute approximate surface area is 166 Å². The topological polar surface area (TPSA) is 27.7 Å². The highest BCUT2D eigenvalue weighted by molar-refractivity contribution is 5.14. The number of hydrogen-bond donors (Lipinski definition) is 0. The minimum atomic E-state index is 0.197. The molecule has 0 aliphatic heterocycles. The third kappa shape index (κ3) is 13.3. The SMILES string of the molecule is CCC(CCCC(C)O/C=C\OCCc1ccccc1)OCC[N+](C)(C)C. The van der Waals surface area contributed by atoms with Crippen molar-refractivity contribution in [2.45, 2.75) is 58.2 Å². The minimum Gasteiger partial charge on any atom is -0.498 e. The molecule has 0 aliphatic carbocycles. The van der Waals surface area contributed by atoms with Gasteiger partial charge in [0.1, 0.15) is 19.1 Å². The van der Waals surface area contributed by atoms with Crippen molar-refractivity contribution < 1.29 is 18.7 Å². The van der Waals surface area contributed by atoms with E-state index in [1.54, 1.807) is 12.5 Å². The predicted octanol–water partition coefficient (Wildman–Crippen LogP) is 4.79. The fourth-order valence-corrected chi connectivity index (χ4v) is 2.69. The van der Waals surface area contributed by atoms with Gasteiger partial charge in [-0.25, -0.2) is 0 Å². The van der Waals surface area contributed by atoms with Crippen molar-refractivity contribution >= 4 is 0 Å². The molecule has 0 saturated heterocycles. The molecular weight excluding hydrogens is 338 g/mol. The molecule has 1 aromatic rings. The summed E-state index contributed by atoms with van der Waals surface area (Å²) in [6, 6.07) is 10.4. The van der Waals surface area contributed by atoms with E-state index < -0.39 is 0 Å². The van der Waals surface area contributed by atoms with E-state index in [4.69, 9.17) is 14.2 Å². The van der Waals surface area contributed by atoms with Crippen molar-refractivity contribution in [2.24, 2.45) is 0 Å². The van der Waals surface area contributed by atoms with Gasteiger partial charge in [-0.15, -0.1) is 0 Å². The molecule has 154 valence electrons. The number of ether oxygens (including phenoxy) is 3. The van der Waals surface area contributed by atoms with Crippen LogP contribution in [-0.2, 0) is 20.6 Å². The van der Waals surface area contributed by atoms with Crippen LogP contribution in [0.4, 0.5) is 0 Å². The zero-order valence-electron chi connectivity index (χ0n) is 18.0. The zero-order valence-corrected chi connectivity index (χ0v) is 18.0. The highest BCUT2D eigenvalue weighted by atomic mass is 16.5. The standard InChI is InChI=1S/C23H40NO3/c1-6-23(27-18-16-24(3,4)5)14-10-11-21(2)26-20-19-25-17-15-22-12-8-7-9-13-22/h7-9,12-13,19-21,23H,6,10-11,14-18H2,1-5H3/q+1/b20-19-. The van der Waals surface area contributed by atoms with E-state index in [2.05, 4.69) is 47.1 Å². The summed E-state index contributed by atoms with van der Waals surface area (Å²) in [4.78, 5) is 0. The van der Waals surface area contributed by atoms with E-state index in [9.17, 15) is 0 Å². The first-order valence-electron chi connectivity index (χ1n) is 10.3. The van der Waals surface area contributed by atoms with Crippen LogP contribution in [0.25, 0.3) is 0 Å². The fraction of sp³-hybridized carbons (Fsp3) is 0.652. The lowest BCUT2D eigenvalue weighted by molar-refractivity contribution is -0.870. The van der Waals surface area contributed by atoms with Crippen molar-refractivity contribution in [2.75, 3.05) is 40.9 Å². The molecule has 27 heavy (non-hydrogen) atoms.